The molecule has 3 heteroatoms. The Morgan fingerprint density at radius 2 is 2.16 bits per heavy atom. The second-order valence-electron chi connectivity index (χ2n) is 5.29. The van der Waals surface area contributed by atoms with E-state index in [1.807, 2.05) is 19.1 Å². The van der Waals surface area contributed by atoms with Crippen molar-refractivity contribution in [1.29, 1.82) is 0 Å². The van der Waals surface area contributed by atoms with Crippen LogP contribution in [0.1, 0.15) is 38.2 Å². The number of ether oxygens (including phenoxy) is 1. The topological polar surface area (TPSA) is 41.5 Å². The normalized spacial score (nSPS) is 23.3. The molecule has 2 N–H and O–H groups in total. The summed E-state index contributed by atoms with van der Waals surface area (Å²) in [6.45, 7) is 3.85. The Morgan fingerprint density at radius 1 is 1.32 bits per heavy atom. The summed E-state index contributed by atoms with van der Waals surface area (Å²) in [5.41, 5.74) is 1.24. The molecule has 2 rings (SSSR count). The molecule has 1 saturated carbocycles. The fraction of sp³-hybridized carbons (Fsp3) is 0.625. The van der Waals surface area contributed by atoms with Crippen molar-refractivity contribution in [3.8, 4) is 5.75 Å². The highest BCUT2D eigenvalue weighted by Gasteiger charge is 2.23. The van der Waals surface area contributed by atoms with Gasteiger partial charge in [0.15, 0.2) is 0 Å². The minimum absolute atomic E-state index is 0.302. The predicted molar refractivity (Wildman–Crippen MR) is 77.3 cm³/mol. The Bertz CT molecular complexity index is 381. The average molecular weight is 263 g/mol. The SMILES string of the molecule is CCOc1cccc(CNC2CCCCC2CO)c1. The molecule has 1 aromatic rings. The third-order valence-corrected chi connectivity index (χ3v) is 3.92. The van der Waals surface area contributed by atoms with Crippen LogP contribution >= 0.6 is 0 Å². The van der Waals surface area contributed by atoms with Crippen molar-refractivity contribution in [2.45, 2.75) is 45.2 Å². The van der Waals surface area contributed by atoms with Gasteiger partial charge in [0.1, 0.15) is 5.75 Å². The average Bonchev–Trinajstić information content (AvgIpc) is 2.46. The van der Waals surface area contributed by atoms with Crippen LogP contribution in [0.3, 0.4) is 0 Å². The van der Waals surface area contributed by atoms with Gasteiger partial charge in [0.2, 0.25) is 0 Å². The smallest absolute Gasteiger partial charge is 0.119 e. The zero-order valence-electron chi connectivity index (χ0n) is 11.8. The molecule has 0 aliphatic heterocycles. The molecule has 106 valence electrons. The Kier molecular flexibility index (Phi) is 5.67. The minimum atomic E-state index is 0.302. The Morgan fingerprint density at radius 3 is 2.95 bits per heavy atom. The molecule has 1 fully saturated rings. The van der Waals surface area contributed by atoms with E-state index in [4.69, 9.17) is 4.74 Å². The monoisotopic (exact) mass is 263 g/mol. The van der Waals surface area contributed by atoms with E-state index in [0.29, 0.717) is 25.2 Å². The number of rotatable bonds is 6. The summed E-state index contributed by atoms with van der Waals surface area (Å²) in [6.07, 6.45) is 4.85. The number of aliphatic hydroxyl groups excluding tert-OH is 1. The highest BCUT2D eigenvalue weighted by atomic mass is 16.5. The van der Waals surface area contributed by atoms with Crippen molar-refractivity contribution in [3.05, 3.63) is 29.8 Å². The maximum atomic E-state index is 9.41. The van der Waals surface area contributed by atoms with Gasteiger partial charge in [-0.05, 0) is 43.4 Å². The lowest BCUT2D eigenvalue weighted by molar-refractivity contribution is 0.152. The maximum Gasteiger partial charge on any atom is 0.119 e. The lowest BCUT2D eigenvalue weighted by Gasteiger charge is -2.31. The van der Waals surface area contributed by atoms with E-state index >= 15 is 0 Å². The van der Waals surface area contributed by atoms with Crippen molar-refractivity contribution >= 4 is 0 Å². The summed E-state index contributed by atoms with van der Waals surface area (Å²) in [7, 11) is 0. The molecule has 0 heterocycles. The number of nitrogens with one attached hydrogen (secondary N) is 1. The van der Waals surface area contributed by atoms with E-state index in [1.54, 1.807) is 0 Å². The van der Waals surface area contributed by atoms with Gasteiger partial charge < -0.3 is 15.2 Å². The summed E-state index contributed by atoms with van der Waals surface area (Å²) in [6, 6.07) is 8.69. The van der Waals surface area contributed by atoms with E-state index < -0.39 is 0 Å². The van der Waals surface area contributed by atoms with Crippen LogP contribution in [0, 0.1) is 5.92 Å². The molecule has 1 aromatic carbocycles. The number of hydrogen-bond acceptors (Lipinski definition) is 3. The number of hydrogen-bond donors (Lipinski definition) is 2. The van der Waals surface area contributed by atoms with Crippen LogP contribution in [0.2, 0.25) is 0 Å². The fourth-order valence-electron chi connectivity index (χ4n) is 2.86. The summed E-state index contributed by atoms with van der Waals surface area (Å²) in [5.74, 6) is 1.35. The van der Waals surface area contributed by atoms with Crippen LogP contribution in [0.25, 0.3) is 0 Å². The predicted octanol–water partition coefficient (Wildman–Crippen LogP) is 2.73. The van der Waals surface area contributed by atoms with E-state index in [2.05, 4.69) is 17.4 Å². The third kappa shape index (κ3) is 4.22. The van der Waals surface area contributed by atoms with Crippen molar-refractivity contribution in [2.75, 3.05) is 13.2 Å². The zero-order valence-corrected chi connectivity index (χ0v) is 11.8. The molecular formula is C16H25NO2. The molecule has 0 spiro atoms. The van der Waals surface area contributed by atoms with Crippen molar-refractivity contribution < 1.29 is 9.84 Å². The van der Waals surface area contributed by atoms with Crippen LogP contribution < -0.4 is 10.1 Å². The van der Waals surface area contributed by atoms with Gasteiger partial charge in [-0.3, -0.25) is 0 Å². The van der Waals surface area contributed by atoms with Crippen LogP contribution in [0.4, 0.5) is 0 Å². The first kappa shape index (κ1) is 14.4. The highest BCUT2D eigenvalue weighted by Crippen LogP contribution is 2.24. The van der Waals surface area contributed by atoms with Gasteiger partial charge in [0, 0.05) is 19.2 Å². The molecular weight excluding hydrogens is 238 g/mol. The second kappa shape index (κ2) is 7.51. The first-order valence-electron chi connectivity index (χ1n) is 7.39. The first-order valence-corrected chi connectivity index (χ1v) is 7.39. The number of benzene rings is 1. The largest absolute Gasteiger partial charge is 0.494 e. The Labute approximate surface area is 116 Å². The molecule has 3 nitrogen and oxygen atoms in total. The molecule has 2 unspecified atom stereocenters. The van der Waals surface area contributed by atoms with Gasteiger partial charge in [-0.2, -0.15) is 0 Å². The van der Waals surface area contributed by atoms with Crippen molar-refractivity contribution in [1.82, 2.24) is 5.32 Å². The van der Waals surface area contributed by atoms with E-state index in [1.165, 1.54) is 24.8 Å². The summed E-state index contributed by atoms with van der Waals surface area (Å²) in [4.78, 5) is 0. The maximum absolute atomic E-state index is 9.41. The van der Waals surface area contributed by atoms with Crippen LogP contribution in [-0.2, 0) is 6.54 Å². The van der Waals surface area contributed by atoms with Gasteiger partial charge in [0.25, 0.3) is 0 Å². The van der Waals surface area contributed by atoms with Gasteiger partial charge in [-0.1, -0.05) is 25.0 Å². The van der Waals surface area contributed by atoms with E-state index in [-0.39, 0.29) is 0 Å². The van der Waals surface area contributed by atoms with Gasteiger partial charge in [-0.25, -0.2) is 0 Å². The molecule has 0 aromatic heterocycles. The Hall–Kier alpha value is -1.06. The fourth-order valence-corrected chi connectivity index (χ4v) is 2.86. The summed E-state index contributed by atoms with van der Waals surface area (Å²) < 4.78 is 5.51. The van der Waals surface area contributed by atoms with Crippen LogP contribution in [-0.4, -0.2) is 24.4 Å². The van der Waals surface area contributed by atoms with Crippen molar-refractivity contribution in [2.24, 2.45) is 5.92 Å². The van der Waals surface area contributed by atoms with Gasteiger partial charge in [-0.15, -0.1) is 0 Å². The van der Waals surface area contributed by atoms with Crippen LogP contribution in [0.5, 0.6) is 5.75 Å². The molecule has 0 radical (unpaired) electrons. The standard InChI is InChI=1S/C16H25NO2/c1-2-19-15-8-5-6-13(10-15)11-17-16-9-4-3-7-14(16)12-18/h5-6,8,10,14,16-18H,2-4,7,9,11-12H2,1H3. The molecule has 2 atom stereocenters. The van der Waals surface area contributed by atoms with Gasteiger partial charge in [0.05, 0.1) is 6.61 Å². The molecule has 19 heavy (non-hydrogen) atoms. The third-order valence-electron chi connectivity index (χ3n) is 3.92. The second-order valence-corrected chi connectivity index (χ2v) is 5.29. The minimum Gasteiger partial charge on any atom is -0.494 e. The molecule has 0 saturated heterocycles. The summed E-state index contributed by atoms with van der Waals surface area (Å²) >= 11 is 0. The lowest BCUT2D eigenvalue weighted by atomic mass is 9.85. The quantitative estimate of drug-likeness (QED) is 0.829. The summed E-state index contributed by atoms with van der Waals surface area (Å²) in [5, 5.41) is 13.0. The molecule has 1 aliphatic rings. The lowest BCUT2D eigenvalue weighted by Crippen LogP contribution is -2.39. The van der Waals surface area contributed by atoms with E-state index in [0.717, 1.165) is 18.7 Å². The Balaban J connectivity index is 1.88. The highest BCUT2D eigenvalue weighted by molar-refractivity contribution is 5.28. The number of aliphatic hydroxyl groups is 1. The molecule has 0 bridgehead atoms. The van der Waals surface area contributed by atoms with Crippen molar-refractivity contribution in [3.63, 3.8) is 0 Å². The zero-order chi connectivity index (χ0) is 13.5. The molecule has 0 amide bonds. The van der Waals surface area contributed by atoms with Crippen LogP contribution in [0.15, 0.2) is 24.3 Å². The van der Waals surface area contributed by atoms with Gasteiger partial charge >= 0.3 is 0 Å². The molecule has 1 aliphatic carbocycles. The van der Waals surface area contributed by atoms with E-state index in [9.17, 15) is 5.11 Å². The first-order chi connectivity index (χ1) is 9.33.